The van der Waals surface area contributed by atoms with Crippen LogP contribution in [0.15, 0.2) is 5.38 Å². The minimum atomic E-state index is 0.0320. The van der Waals surface area contributed by atoms with Crippen LogP contribution in [0.4, 0.5) is 0 Å². The topological polar surface area (TPSA) is 34.2 Å². The molecule has 18 heavy (non-hydrogen) atoms. The number of hydrogen-bond donors (Lipinski definition) is 1. The van der Waals surface area contributed by atoms with Crippen molar-refractivity contribution in [3.05, 3.63) is 16.1 Å². The molecule has 0 spiro atoms. The highest BCUT2D eigenvalue weighted by molar-refractivity contribution is 7.09. The van der Waals surface area contributed by atoms with Crippen molar-refractivity contribution in [3.63, 3.8) is 0 Å². The van der Waals surface area contributed by atoms with E-state index in [2.05, 4.69) is 38.4 Å². The minimum absolute atomic E-state index is 0.0320. The summed E-state index contributed by atoms with van der Waals surface area (Å²) in [6, 6.07) is 0. The third-order valence-electron chi connectivity index (χ3n) is 3.61. The van der Waals surface area contributed by atoms with Gasteiger partial charge in [0.25, 0.3) is 0 Å². The van der Waals surface area contributed by atoms with Gasteiger partial charge in [0.05, 0.1) is 17.3 Å². The Morgan fingerprint density at radius 2 is 2.39 bits per heavy atom. The summed E-state index contributed by atoms with van der Waals surface area (Å²) in [5, 5.41) is 7.11. The van der Waals surface area contributed by atoms with Crippen LogP contribution >= 0.6 is 11.3 Å². The Bertz CT molecular complexity index is 387. The Balaban J connectivity index is 2.27. The van der Waals surface area contributed by atoms with E-state index in [1.807, 2.05) is 0 Å². The monoisotopic (exact) mass is 268 g/mol. The van der Waals surface area contributed by atoms with Crippen molar-refractivity contribution in [1.82, 2.24) is 10.3 Å². The van der Waals surface area contributed by atoms with Crippen LogP contribution in [-0.2, 0) is 10.3 Å². The van der Waals surface area contributed by atoms with Gasteiger partial charge in [0.2, 0.25) is 0 Å². The molecule has 1 N–H and O–H groups in total. The zero-order valence-electron chi connectivity index (χ0n) is 11.8. The molecule has 0 amide bonds. The van der Waals surface area contributed by atoms with Crippen LogP contribution in [0.2, 0.25) is 0 Å². The van der Waals surface area contributed by atoms with Crippen LogP contribution in [0.3, 0.4) is 0 Å². The van der Waals surface area contributed by atoms with E-state index in [4.69, 9.17) is 9.72 Å². The molecule has 102 valence electrons. The molecule has 3 nitrogen and oxygen atoms in total. The van der Waals surface area contributed by atoms with Crippen LogP contribution in [0.25, 0.3) is 0 Å². The molecule has 2 heterocycles. The first-order valence-corrected chi connectivity index (χ1v) is 7.78. The standard InChI is InChI=1S/C14H24N2OS/c1-5-15-14(6-7-17-11(4)8-14)13-16-12(9-18-13)10(2)3/h9-11,15H,5-8H2,1-4H3. The number of aromatic nitrogens is 1. The highest BCUT2D eigenvalue weighted by atomic mass is 32.1. The summed E-state index contributed by atoms with van der Waals surface area (Å²) in [7, 11) is 0. The summed E-state index contributed by atoms with van der Waals surface area (Å²) in [6.07, 6.45) is 2.35. The predicted molar refractivity (Wildman–Crippen MR) is 76.2 cm³/mol. The first-order valence-electron chi connectivity index (χ1n) is 6.90. The van der Waals surface area contributed by atoms with Crippen molar-refractivity contribution in [2.75, 3.05) is 13.2 Å². The first kappa shape index (κ1) is 14.0. The molecule has 2 atom stereocenters. The molecule has 0 radical (unpaired) electrons. The van der Waals surface area contributed by atoms with E-state index in [9.17, 15) is 0 Å². The summed E-state index contributed by atoms with van der Waals surface area (Å²) >= 11 is 1.80. The second kappa shape index (κ2) is 5.68. The molecule has 1 aliphatic heterocycles. The molecular weight excluding hydrogens is 244 g/mol. The first-order chi connectivity index (χ1) is 8.57. The van der Waals surface area contributed by atoms with Crippen LogP contribution in [0.5, 0.6) is 0 Å². The second-order valence-electron chi connectivity index (χ2n) is 5.48. The van der Waals surface area contributed by atoms with E-state index in [1.54, 1.807) is 11.3 Å². The average molecular weight is 268 g/mol. The average Bonchev–Trinajstić information content (AvgIpc) is 2.79. The Hall–Kier alpha value is -0.450. The zero-order valence-corrected chi connectivity index (χ0v) is 12.6. The summed E-state index contributed by atoms with van der Waals surface area (Å²) < 4.78 is 5.69. The summed E-state index contributed by atoms with van der Waals surface area (Å²) in [5.41, 5.74) is 1.25. The Kier molecular flexibility index (Phi) is 4.41. The van der Waals surface area contributed by atoms with Crippen molar-refractivity contribution in [1.29, 1.82) is 0 Å². The van der Waals surface area contributed by atoms with Crippen molar-refractivity contribution < 1.29 is 4.74 Å². The van der Waals surface area contributed by atoms with Gasteiger partial charge in [-0.15, -0.1) is 11.3 Å². The number of hydrogen-bond acceptors (Lipinski definition) is 4. The molecule has 1 fully saturated rings. The quantitative estimate of drug-likeness (QED) is 0.910. The van der Waals surface area contributed by atoms with Crippen molar-refractivity contribution >= 4 is 11.3 Å². The van der Waals surface area contributed by atoms with Crippen LogP contribution in [-0.4, -0.2) is 24.2 Å². The molecule has 4 heteroatoms. The SMILES string of the molecule is CCNC1(c2nc(C(C)C)cs2)CCOC(C)C1. The van der Waals surface area contributed by atoms with E-state index < -0.39 is 0 Å². The van der Waals surface area contributed by atoms with Crippen LogP contribution < -0.4 is 5.32 Å². The smallest absolute Gasteiger partial charge is 0.113 e. The third kappa shape index (κ3) is 2.76. The highest BCUT2D eigenvalue weighted by Crippen LogP contribution is 2.37. The Morgan fingerprint density at radius 3 is 2.94 bits per heavy atom. The van der Waals surface area contributed by atoms with Gasteiger partial charge in [0, 0.05) is 12.0 Å². The van der Waals surface area contributed by atoms with Crippen molar-refractivity contribution in [2.45, 2.75) is 58.1 Å². The fourth-order valence-electron chi connectivity index (χ4n) is 2.63. The third-order valence-corrected chi connectivity index (χ3v) is 4.67. The van der Waals surface area contributed by atoms with Gasteiger partial charge in [-0.25, -0.2) is 4.98 Å². The molecule has 0 saturated carbocycles. The maximum absolute atomic E-state index is 5.69. The summed E-state index contributed by atoms with van der Waals surface area (Å²) in [6.45, 7) is 10.5. The molecule has 1 aromatic heterocycles. The van der Waals surface area contributed by atoms with Gasteiger partial charge in [-0.2, -0.15) is 0 Å². The molecular formula is C14H24N2OS. The van der Waals surface area contributed by atoms with Crippen LogP contribution in [0.1, 0.15) is 57.2 Å². The lowest BCUT2D eigenvalue weighted by Gasteiger charge is -2.39. The lowest BCUT2D eigenvalue weighted by Crippen LogP contribution is -2.48. The Morgan fingerprint density at radius 1 is 1.61 bits per heavy atom. The van der Waals surface area contributed by atoms with Gasteiger partial charge in [-0.1, -0.05) is 20.8 Å². The molecule has 0 bridgehead atoms. The van der Waals surface area contributed by atoms with Gasteiger partial charge in [0.15, 0.2) is 0 Å². The number of nitrogens with zero attached hydrogens (tertiary/aromatic N) is 1. The van der Waals surface area contributed by atoms with Gasteiger partial charge in [-0.3, -0.25) is 0 Å². The molecule has 0 aromatic carbocycles. The fraction of sp³-hybridized carbons (Fsp3) is 0.786. The minimum Gasteiger partial charge on any atom is -0.378 e. The van der Waals surface area contributed by atoms with Crippen molar-refractivity contribution in [3.8, 4) is 0 Å². The van der Waals surface area contributed by atoms with E-state index in [0.29, 0.717) is 12.0 Å². The summed E-state index contributed by atoms with van der Waals surface area (Å²) in [4.78, 5) is 4.86. The zero-order chi connectivity index (χ0) is 13.2. The maximum Gasteiger partial charge on any atom is 0.113 e. The molecule has 0 aliphatic carbocycles. The van der Waals surface area contributed by atoms with Gasteiger partial charge >= 0.3 is 0 Å². The van der Waals surface area contributed by atoms with Gasteiger partial charge in [-0.05, 0) is 32.2 Å². The number of nitrogens with one attached hydrogen (secondary N) is 1. The maximum atomic E-state index is 5.69. The van der Waals surface area contributed by atoms with E-state index in [0.717, 1.165) is 26.0 Å². The normalized spacial score (nSPS) is 28.8. The molecule has 2 rings (SSSR count). The summed E-state index contributed by atoms with van der Waals surface area (Å²) in [5.74, 6) is 0.506. The number of thiazole rings is 1. The lowest BCUT2D eigenvalue weighted by molar-refractivity contribution is -0.0202. The van der Waals surface area contributed by atoms with Gasteiger partial charge < -0.3 is 10.1 Å². The van der Waals surface area contributed by atoms with E-state index >= 15 is 0 Å². The number of rotatable bonds is 4. The lowest BCUT2D eigenvalue weighted by atomic mass is 9.87. The molecule has 1 aromatic rings. The van der Waals surface area contributed by atoms with Crippen LogP contribution in [0, 0.1) is 0 Å². The van der Waals surface area contributed by atoms with Gasteiger partial charge in [0.1, 0.15) is 5.01 Å². The molecule has 2 unspecified atom stereocenters. The predicted octanol–water partition coefficient (Wildman–Crippen LogP) is 3.27. The second-order valence-corrected chi connectivity index (χ2v) is 6.34. The number of ether oxygens (including phenoxy) is 1. The Labute approximate surface area is 114 Å². The molecule has 1 aliphatic rings. The van der Waals surface area contributed by atoms with E-state index in [1.165, 1.54) is 10.7 Å². The van der Waals surface area contributed by atoms with E-state index in [-0.39, 0.29) is 5.54 Å². The van der Waals surface area contributed by atoms with Crippen molar-refractivity contribution in [2.24, 2.45) is 0 Å². The highest BCUT2D eigenvalue weighted by Gasteiger charge is 2.39. The molecule has 1 saturated heterocycles. The largest absolute Gasteiger partial charge is 0.378 e. The fourth-order valence-corrected chi connectivity index (χ4v) is 3.82.